The van der Waals surface area contributed by atoms with Crippen LogP contribution in [-0.2, 0) is 4.74 Å². The van der Waals surface area contributed by atoms with Gasteiger partial charge in [-0.3, -0.25) is 0 Å². The Labute approximate surface area is 112 Å². The Morgan fingerprint density at radius 1 is 1.33 bits per heavy atom. The molecule has 2 aliphatic carbocycles. The number of likely N-dealkylation sites (N-methyl/N-ethyl adjacent to an activating group) is 1. The number of nitrogens with zero attached hydrogens (tertiary/aromatic N) is 1. The van der Waals surface area contributed by atoms with Gasteiger partial charge in [-0.1, -0.05) is 12.8 Å². The van der Waals surface area contributed by atoms with E-state index in [1.165, 1.54) is 32.1 Å². The molecule has 0 aromatic heterocycles. The highest BCUT2D eigenvalue weighted by molar-refractivity contribution is 4.99. The number of ether oxygens (including phenoxy) is 1. The lowest BCUT2D eigenvalue weighted by Crippen LogP contribution is -2.51. The molecule has 3 unspecified atom stereocenters. The van der Waals surface area contributed by atoms with Gasteiger partial charge in [0.25, 0.3) is 0 Å². The molecule has 0 heterocycles. The predicted molar refractivity (Wildman–Crippen MR) is 73.6 cm³/mol. The summed E-state index contributed by atoms with van der Waals surface area (Å²) >= 11 is 0. The van der Waals surface area contributed by atoms with Crippen molar-refractivity contribution in [3.8, 4) is 0 Å². The van der Waals surface area contributed by atoms with E-state index in [1.807, 2.05) is 0 Å². The van der Waals surface area contributed by atoms with Crippen LogP contribution in [0, 0.1) is 5.41 Å². The van der Waals surface area contributed by atoms with E-state index >= 15 is 0 Å². The topological polar surface area (TPSA) is 32.7 Å². The summed E-state index contributed by atoms with van der Waals surface area (Å²) in [6, 6.07) is 0.543. The van der Waals surface area contributed by atoms with Crippen molar-refractivity contribution in [3.05, 3.63) is 0 Å². The normalized spacial score (nSPS) is 33.2. The summed E-state index contributed by atoms with van der Waals surface area (Å²) in [6.07, 6.45) is 8.81. The standard InChI is InChI=1S/C15H29NO2/c1-12(18-3)11-16(2)14-10-13(17)6-9-15(14)7-4-5-8-15/h12-14,17H,4-11H2,1-3H3. The van der Waals surface area contributed by atoms with Gasteiger partial charge >= 0.3 is 0 Å². The fourth-order valence-corrected chi connectivity index (χ4v) is 4.16. The van der Waals surface area contributed by atoms with Crippen molar-refractivity contribution in [1.82, 2.24) is 4.90 Å². The van der Waals surface area contributed by atoms with Gasteiger partial charge in [-0.05, 0) is 51.5 Å². The highest BCUT2D eigenvalue weighted by Crippen LogP contribution is 2.50. The maximum Gasteiger partial charge on any atom is 0.0670 e. The van der Waals surface area contributed by atoms with Crippen molar-refractivity contribution in [3.63, 3.8) is 0 Å². The van der Waals surface area contributed by atoms with Crippen LogP contribution in [0.4, 0.5) is 0 Å². The van der Waals surface area contributed by atoms with E-state index in [0.717, 1.165) is 19.4 Å². The summed E-state index contributed by atoms with van der Waals surface area (Å²) in [6.45, 7) is 3.09. The van der Waals surface area contributed by atoms with Gasteiger partial charge < -0.3 is 14.7 Å². The van der Waals surface area contributed by atoms with Crippen LogP contribution >= 0.6 is 0 Å². The summed E-state index contributed by atoms with van der Waals surface area (Å²) in [5, 5.41) is 10.0. The van der Waals surface area contributed by atoms with Gasteiger partial charge in [0.05, 0.1) is 12.2 Å². The van der Waals surface area contributed by atoms with Crippen LogP contribution in [0.3, 0.4) is 0 Å². The molecule has 2 rings (SSSR count). The van der Waals surface area contributed by atoms with Crippen LogP contribution in [-0.4, -0.2) is 49.0 Å². The second kappa shape index (κ2) is 5.89. The molecular formula is C15H29NO2. The summed E-state index contributed by atoms with van der Waals surface area (Å²) < 4.78 is 5.39. The van der Waals surface area contributed by atoms with Crippen molar-refractivity contribution in [1.29, 1.82) is 0 Å². The molecule has 2 saturated carbocycles. The van der Waals surface area contributed by atoms with Crippen LogP contribution in [0.2, 0.25) is 0 Å². The fraction of sp³-hybridized carbons (Fsp3) is 1.00. The van der Waals surface area contributed by atoms with Gasteiger partial charge in [-0.25, -0.2) is 0 Å². The third-order valence-corrected chi connectivity index (χ3v) is 5.26. The van der Waals surface area contributed by atoms with E-state index < -0.39 is 0 Å². The number of aliphatic hydroxyl groups is 1. The maximum absolute atomic E-state index is 10.0. The van der Waals surface area contributed by atoms with Crippen molar-refractivity contribution >= 4 is 0 Å². The maximum atomic E-state index is 10.0. The monoisotopic (exact) mass is 255 g/mol. The van der Waals surface area contributed by atoms with Crippen LogP contribution in [0.5, 0.6) is 0 Å². The van der Waals surface area contributed by atoms with Gasteiger partial charge in [0, 0.05) is 19.7 Å². The second-order valence-corrected chi connectivity index (χ2v) is 6.50. The SMILES string of the molecule is COC(C)CN(C)C1CC(O)CCC12CCCC2. The molecule has 1 N–H and O–H groups in total. The molecule has 2 aliphatic rings. The lowest BCUT2D eigenvalue weighted by molar-refractivity contribution is -0.0328. The van der Waals surface area contributed by atoms with E-state index in [9.17, 15) is 5.11 Å². The Morgan fingerprint density at radius 2 is 2.00 bits per heavy atom. The largest absolute Gasteiger partial charge is 0.393 e. The van der Waals surface area contributed by atoms with Crippen molar-refractivity contribution < 1.29 is 9.84 Å². The molecule has 0 amide bonds. The van der Waals surface area contributed by atoms with Gasteiger partial charge in [0.1, 0.15) is 0 Å². The second-order valence-electron chi connectivity index (χ2n) is 6.50. The first-order chi connectivity index (χ1) is 8.57. The molecule has 3 heteroatoms. The molecule has 3 atom stereocenters. The highest BCUT2D eigenvalue weighted by Gasteiger charge is 2.46. The molecule has 3 nitrogen and oxygen atoms in total. The number of rotatable bonds is 4. The first-order valence-corrected chi connectivity index (χ1v) is 7.48. The van der Waals surface area contributed by atoms with E-state index in [-0.39, 0.29) is 12.2 Å². The minimum atomic E-state index is -0.0958. The molecule has 106 valence electrons. The molecule has 0 aliphatic heterocycles. The Hall–Kier alpha value is -0.120. The fourth-order valence-electron chi connectivity index (χ4n) is 4.16. The van der Waals surface area contributed by atoms with Crippen molar-refractivity contribution in [2.75, 3.05) is 20.7 Å². The van der Waals surface area contributed by atoms with Crippen LogP contribution in [0.25, 0.3) is 0 Å². The lowest BCUT2D eigenvalue weighted by Gasteiger charge is -2.48. The summed E-state index contributed by atoms with van der Waals surface area (Å²) in [5.41, 5.74) is 0.488. The molecule has 0 aromatic rings. The Balaban J connectivity index is 2.05. The molecule has 0 saturated heterocycles. The lowest BCUT2D eigenvalue weighted by atomic mass is 9.67. The molecule has 1 spiro atoms. The molecule has 18 heavy (non-hydrogen) atoms. The first-order valence-electron chi connectivity index (χ1n) is 7.48. The zero-order valence-electron chi connectivity index (χ0n) is 12.2. The quantitative estimate of drug-likeness (QED) is 0.837. The molecular weight excluding hydrogens is 226 g/mol. The smallest absolute Gasteiger partial charge is 0.0670 e. The first kappa shape index (κ1) is 14.3. The summed E-state index contributed by atoms with van der Waals surface area (Å²) in [4.78, 5) is 2.45. The van der Waals surface area contributed by atoms with Gasteiger partial charge in [-0.2, -0.15) is 0 Å². The molecule has 0 bridgehead atoms. The third kappa shape index (κ3) is 2.89. The predicted octanol–water partition coefficient (Wildman–Crippen LogP) is 2.43. The zero-order chi connectivity index (χ0) is 13.2. The minimum Gasteiger partial charge on any atom is -0.393 e. The number of methoxy groups -OCH3 is 1. The summed E-state index contributed by atoms with van der Waals surface area (Å²) in [7, 11) is 3.98. The minimum absolute atomic E-state index is 0.0958. The number of hydrogen-bond donors (Lipinski definition) is 1. The zero-order valence-corrected chi connectivity index (χ0v) is 12.2. The Kier molecular flexibility index (Phi) is 4.68. The number of hydrogen-bond acceptors (Lipinski definition) is 3. The molecule has 0 aromatic carbocycles. The van der Waals surface area contributed by atoms with E-state index in [1.54, 1.807) is 7.11 Å². The van der Waals surface area contributed by atoms with E-state index in [0.29, 0.717) is 11.5 Å². The van der Waals surface area contributed by atoms with Gasteiger partial charge in [-0.15, -0.1) is 0 Å². The average molecular weight is 255 g/mol. The summed E-state index contributed by atoms with van der Waals surface area (Å²) in [5.74, 6) is 0. The highest BCUT2D eigenvalue weighted by atomic mass is 16.5. The van der Waals surface area contributed by atoms with Gasteiger partial charge in [0.2, 0.25) is 0 Å². The third-order valence-electron chi connectivity index (χ3n) is 5.26. The van der Waals surface area contributed by atoms with Gasteiger partial charge in [0.15, 0.2) is 0 Å². The van der Waals surface area contributed by atoms with Crippen molar-refractivity contribution in [2.45, 2.75) is 70.1 Å². The Morgan fingerprint density at radius 3 is 2.61 bits per heavy atom. The average Bonchev–Trinajstić information content (AvgIpc) is 2.81. The van der Waals surface area contributed by atoms with Crippen LogP contribution in [0.15, 0.2) is 0 Å². The van der Waals surface area contributed by atoms with E-state index in [4.69, 9.17) is 4.74 Å². The van der Waals surface area contributed by atoms with E-state index in [2.05, 4.69) is 18.9 Å². The molecule has 2 fully saturated rings. The van der Waals surface area contributed by atoms with Crippen molar-refractivity contribution in [2.24, 2.45) is 5.41 Å². The number of aliphatic hydroxyl groups excluding tert-OH is 1. The molecule has 0 radical (unpaired) electrons. The van der Waals surface area contributed by atoms with Crippen LogP contribution in [0.1, 0.15) is 51.9 Å². The Bertz CT molecular complexity index is 263. The van der Waals surface area contributed by atoms with Crippen LogP contribution < -0.4 is 0 Å².